The van der Waals surface area contributed by atoms with Crippen LogP contribution in [0, 0.1) is 0 Å². The van der Waals surface area contributed by atoms with Gasteiger partial charge in [0.25, 0.3) is 11.8 Å². The number of carbonyl (C=O) groups is 2. The molecule has 3 aromatic carbocycles. The molecule has 4 N–H and O–H groups in total. The zero-order valence-electron chi connectivity index (χ0n) is 14.7. The predicted octanol–water partition coefficient (Wildman–Crippen LogP) is 3.11. The van der Waals surface area contributed by atoms with E-state index in [4.69, 9.17) is 0 Å². The maximum atomic E-state index is 12.1. The molecule has 0 aliphatic carbocycles. The fraction of sp³-hybridized carbons (Fsp3) is 0. The molecule has 0 heterocycles. The Bertz CT molecular complexity index is 1020. The van der Waals surface area contributed by atoms with Crippen LogP contribution in [0.3, 0.4) is 0 Å². The van der Waals surface area contributed by atoms with Crippen LogP contribution in [0.15, 0.2) is 77.9 Å². The number of nitrogens with zero attached hydrogens (tertiary/aromatic N) is 1. The quantitative estimate of drug-likeness (QED) is 0.405. The molecule has 3 aromatic rings. The van der Waals surface area contributed by atoms with Crippen molar-refractivity contribution in [2.24, 2.45) is 5.10 Å². The Morgan fingerprint density at radius 2 is 1.50 bits per heavy atom. The molecular weight excluding hydrogens is 358 g/mol. The molecule has 0 atom stereocenters. The lowest BCUT2D eigenvalue weighted by Crippen LogP contribution is -2.17. The van der Waals surface area contributed by atoms with E-state index < -0.39 is 5.91 Å². The van der Waals surface area contributed by atoms with Gasteiger partial charge < -0.3 is 15.5 Å². The first-order valence-electron chi connectivity index (χ1n) is 8.35. The highest BCUT2D eigenvalue weighted by Gasteiger charge is 2.07. The highest BCUT2D eigenvalue weighted by molar-refractivity contribution is 6.04. The maximum Gasteiger partial charge on any atom is 0.271 e. The van der Waals surface area contributed by atoms with Gasteiger partial charge in [-0.1, -0.05) is 18.2 Å². The normalized spacial score (nSPS) is 10.6. The van der Waals surface area contributed by atoms with Gasteiger partial charge in [-0.25, -0.2) is 5.43 Å². The third kappa shape index (κ3) is 4.73. The van der Waals surface area contributed by atoms with E-state index in [0.717, 1.165) is 0 Å². The number of anilines is 1. The molecule has 0 unspecified atom stereocenters. The molecule has 0 aliphatic heterocycles. The van der Waals surface area contributed by atoms with Crippen LogP contribution in [0.25, 0.3) is 0 Å². The molecule has 7 nitrogen and oxygen atoms in total. The summed E-state index contributed by atoms with van der Waals surface area (Å²) in [7, 11) is 0. The Labute approximate surface area is 161 Å². The summed E-state index contributed by atoms with van der Waals surface area (Å²) >= 11 is 0. The predicted molar refractivity (Wildman–Crippen MR) is 106 cm³/mol. The lowest BCUT2D eigenvalue weighted by molar-refractivity contribution is 0.0954. The average molecular weight is 375 g/mol. The van der Waals surface area contributed by atoms with E-state index in [-0.39, 0.29) is 17.4 Å². The summed E-state index contributed by atoms with van der Waals surface area (Å²) in [4.78, 5) is 24.2. The first-order chi connectivity index (χ1) is 13.5. The summed E-state index contributed by atoms with van der Waals surface area (Å²) in [5, 5.41) is 25.4. The Morgan fingerprint density at radius 1 is 0.821 bits per heavy atom. The first kappa shape index (κ1) is 18.7. The van der Waals surface area contributed by atoms with Crippen molar-refractivity contribution in [1.82, 2.24) is 5.43 Å². The second-order valence-electron chi connectivity index (χ2n) is 5.84. The molecule has 0 bridgehead atoms. The summed E-state index contributed by atoms with van der Waals surface area (Å²) in [6, 6.07) is 19.2. The lowest BCUT2D eigenvalue weighted by atomic mass is 10.1. The van der Waals surface area contributed by atoms with Crippen LogP contribution in [-0.4, -0.2) is 28.2 Å². The second kappa shape index (κ2) is 8.50. The number of hydrogen-bond donors (Lipinski definition) is 4. The smallest absolute Gasteiger partial charge is 0.271 e. The molecule has 7 heteroatoms. The monoisotopic (exact) mass is 375 g/mol. The van der Waals surface area contributed by atoms with Crippen LogP contribution in [0.4, 0.5) is 5.69 Å². The van der Waals surface area contributed by atoms with Gasteiger partial charge in [0.15, 0.2) is 0 Å². The van der Waals surface area contributed by atoms with Crippen LogP contribution < -0.4 is 10.7 Å². The molecule has 0 aromatic heterocycles. The molecule has 140 valence electrons. The van der Waals surface area contributed by atoms with Crippen molar-refractivity contribution < 1.29 is 19.8 Å². The Hall–Kier alpha value is -4.13. The molecule has 0 radical (unpaired) electrons. The van der Waals surface area contributed by atoms with Crippen molar-refractivity contribution in [3.8, 4) is 11.5 Å². The third-order valence-corrected chi connectivity index (χ3v) is 3.82. The van der Waals surface area contributed by atoms with Gasteiger partial charge in [-0.2, -0.15) is 5.10 Å². The molecule has 0 saturated heterocycles. The maximum absolute atomic E-state index is 12.1. The summed E-state index contributed by atoms with van der Waals surface area (Å²) in [5.41, 5.74) is 4.14. The van der Waals surface area contributed by atoms with E-state index in [0.29, 0.717) is 22.4 Å². The minimum atomic E-state index is -0.449. The average Bonchev–Trinajstić information content (AvgIpc) is 2.70. The fourth-order valence-electron chi connectivity index (χ4n) is 2.36. The number of amides is 2. The van der Waals surface area contributed by atoms with Crippen molar-refractivity contribution in [1.29, 1.82) is 0 Å². The van der Waals surface area contributed by atoms with Crippen molar-refractivity contribution in [2.75, 3.05) is 5.32 Å². The van der Waals surface area contributed by atoms with Gasteiger partial charge >= 0.3 is 0 Å². The third-order valence-electron chi connectivity index (χ3n) is 3.82. The summed E-state index contributed by atoms with van der Waals surface area (Å²) in [6.07, 6.45) is 1.27. The number of phenols is 2. The number of benzene rings is 3. The van der Waals surface area contributed by atoms with Gasteiger partial charge in [-0.3, -0.25) is 9.59 Å². The van der Waals surface area contributed by atoms with E-state index in [9.17, 15) is 19.8 Å². The van der Waals surface area contributed by atoms with Gasteiger partial charge in [0.1, 0.15) is 11.5 Å². The molecular formula is C21H17N3O4. The van der Waals surface area contributed by atoms with Crippen LogP contribution in [0.2, 0.25) is 0 Å². The zero-order chi connectivity index (χ0) is 19.9. The highest BCUT2D eigenvalue weighted by atomic mass is 16.3. The zero-order valence-corrected chi connectivity index (χ0v) is 14.7. The summed E-state index contributed by atoms with van der Waals surface area (Å²) in [6.45, 7) is 0. The van der Waals surface area contributed by atoms with Crippen LogP contribution in [0.5, 0.6) is 11.5 Å². The number of hydrogen-bond acceptors (Lipinski definition) is 5. The van der Waals surface area contributed by atoms with Crippen molar-refractivity contribution in [2.45, 2.75) is 0 Å². The molecule has 28 heavy (non-hydrogen) atoms. The SMILES string of the molecule is O=C(N/N=C\c1ccc(O)cc1O)c1ccc(NC(=O)c2ccccc2)cc1. The lowest BCUT2D eigenvalue weighted by Gasteiger charge is -2.06. The topological polar surface area (TPSA) is 111 Å². The Balaban J connectivity index is 1.59. The number of nitrogens with one attached hydrogen (secondary N) is 2. The molecule has 3 rings (SSSR count). The largest absolute Gasteiger partial charge is 0.508 e. The van der Waals surface area contributed by atoms with Gasteiger partial charge in [0.05, 0.1) is 6.21 Å². The minimum absolute atomic E-state index is 0.0712. The Kier molecular flexibility index (Phi) is 5.66. The number of phenolic OH excluding ortho intramolecular Hbond substituents is 2. The van der Waals surface area contributed by atoms with E-state index in [1.54, 1.807) is 48.5 Å². The standard InChI is InChI=1S/C21H17N3O4/c25-18-11-8-16(19(26)12-18)13-22-24-21(28)15-6-9-17(10-7-15)23-20(27)14-4-2-1-3-5-14/h1-13,25-26H,(H,23,27)(H,24,28)/b22-13-. The number of hydrazone groups is 1. The molecule has 2 amide bonds. The first-order valence-corrected chi connectivity index (χ1v) is 8.35. The number of aromatic hydroxyl groups is 2. The van der Waals surface area contributed by atoms with E-state index >= 15 is 0 Å². The van der Waals surface area contributed by atoms with Crippen molar-refractivity contribution >= 4 is 23.7 Å². The fourth-order valence-corrected chi connectivity index (χ4v) is 2.36. The van der Waals surface area contributed by atoms with Gasteiger partial charge in [-0.15, -0.1) is 0 Å². The Morgan fingerprint density at radius 3 is 2.18 bits per heavy atom. The summed E-state index contributed by atoms with van der Waals surface area (Å²) in [5.74, 6) is -0.916. The van der Waals surface area contributed by atoms with Crippen LogP contribution in [-0.2, 0) is 0 Å². The van der Waals surface area contributed by atoms with Crippen LogP contribution >= 0.6 is 0 Å². The number of carbonyl (C=O) groups excluding carboxylic acids is 2. The van der Waals surface area contributed by atoms with Crippen molar-refractivity contribution in [3.63, 3.8) is 0 Å². The van der Waals surface area contributed by atoms with Gasteiger partial charge in [0, 0.05) is 28.4 Å². The highest BCUT2D eigenvalue weighted by Crippen LogP contribution is 2.20. The van der Waals surface area contributed by atoms with Gasteiger partial charge in [-0.05, 0) is 48.5 Å². The van der Waals surface area contributed by atoms with Gasteiger partial charge in [0.2, 0.25) is 0 Å². The molecule has 0 saturated carbocycles. The number of rotatable bonds is 5. The molecule has 0 aliphatic rings. The van der Waals surface area contributed by atoms with Crippen molar-refractivity contribution in [3.05, 3.63) is 89.5 Å². The molecule has 0 fully saturated rings. The van der Waals surface area contributed by atoms with E-state index in [1.165, 1.54) is 24.4 Å². The van der Waals surface area contributed by atoms with E-state index in [1.807, 2.05) is 6.07 Å². The second-order valence-corrected chi connectivity index (χ2v) is 5.84. The van der Waals surface area contributed by atoms with E-state index in [2.05, 4.69) is 15.8 Å². The van der Waals surface area contributed by atoms with Crippen LogP contribution in [0.1, 0.15) is 26.3 Å². The molecule has 0 spiro atoms. The minimum Gasteiger partial charge on any atom is -0.508 e. The summed E-state index contributed by atoms with van der Waals surface area (Å²) < 4.78 is 0.